The van der Waals surface area contributed by atoms with Crippen molar-refractivity contribution in [2.75, 3.05) is 129 Å². The summed E-state index contributed by atoms with van der Waals surface area (Å²) in [6, 6.07) is 50.9. The zero-order valence-corrected chi connectivity index (χ0v) is 60.9. The molecule has 3 saturated heterocycles. The molecule has 110 heavy (non-hydrogen) atoms. The number of hydrogen-bond acceptors (Lipinski definition) is 21. The van der Waals surface area contributed by atoms with Crippen molar-refractivity contribution in [3.63, 3.8) is 0 Å². The monoisotopic (exact) mass is 1500 g/mol. The molecule has 3 amide bonds. The first-order valence-corrected chi connectivity index (χ1v) is 35.2. The van der Waals surface area contributed by atoms with E-state index in [1.807, 2.05) is 95.9 Å². The van der Waals surface area contributed by atoms with Gasteiger partial charge in [-0.25, -0.2) is 61.5 Å². The van der Waals surface area contributed by atoms with E-state index >= 15 is 0 Å². The van der Waals surface area contributed by atoms with Gasteiger partial charge in [-0.15, -0.1) is 15.3 Å². The molecule has 0 radical (unpaired) electrons. The standard InChI is InChI=1S/C27H28N6O3.C26H25F2N7O3.C26H24F2N6O2/c1-35-22-13-11-20(12-14-22)26-29-27(21-7-4-3-5-8-21)33(30-26)19-25(34)32-17-15-31(16-18-32)23-9-6-10-24(28-23)36-2;1-37-21-13-18(5-8-20(21)28)25-31-26(17-3-6-19(27)7-4-17)35(32-25)15-24(36)34-11-9-33(10-12-34)22-14-23(38-2)30-16-29-22;1-36-22-16-19(7-10-21(22)28)25-30-26(18-5-8-20(27)9-6-18)34(31-25)17-24(35)33-14-12-32(13-15-33)23-4-2-3-11-29-23/h3-14H,15-19H2,1-2H3;3-8,13-14,16H,9-12,15H2,1-2H3;2-11,16H,12-15,17H2,1H3. The lowest BCUT2D eigenvalue weighted by molar-refractivity contribution is -0.133. The summed E-state index contributed by atoms with van der Waals surface area (Å²) in [7, 11) is 7.54. The third kappa shape index (κ3) is 18.0. The van der Waals surface area contributed by atoms with Crippen molar-refractivity contribution in [3.05, 3.63) is 218 Å². The number of pyridine rings is 2. The van der Waals surface area contributed by atoms with Gasteiger partial charge < -0.3 is 53.1 Å². The minimum Gasteiger partial charge on any atom is -0.497 e. The number of hydrogen-bond donors (Lipinski definition) is 0. The van der Waals surface area contributed by atoms with E-state index in [9.17, 15) is 31.9 Å². The normalized spacial score (nSPS) is 13.5. The number of piperazine rings is 3. The first-order chi connectivity index (χ1) is 53.6. The number of rotatable bonds is 20. The molecule has 6 aromatic heterocycles. The van der Waals surface area contributed by atoms with Gasteiger partial charge in [-0.2, -0.15) is 4.98 Å². The summed E-state index contributed by atoms with van der Waals surface area (Å²) < 4.78 is 85.5. The molecular formula is C79H77F4N19O8. The van der Waals surface area contributed by atoms with Gasteiger partial charge >= 0.3 is 0 Å². The first-order valence-electron chi connectivity index (χ1n) is 35.2. The Morgan fingerprint density at radius 1 is 0.345 bits per heavy atom. The summed E-state index contributed by atoms with van der Waals surface area (Å²) in [4.78, 5) is 82.8. The van der Waals surface area contributed by atoms with E-state index in [1.165, 1.54) is 84.5 Å². The van der Waals surface area contributed by atoms with Crippen LogP contribution in [0, 0.1) is 23.3 Å². The Balaban J connectivity index is 0.000000145. The molecule has 6 aromatic carbocycles. The van der Waals surface area contributed by atoms with Crippen LogP contribution in [0.4, 0.5) is 35.0 Å². The summed E-state index contributed by atoms with van der Waals surface area (Å²) in [5.41, 5.74) is 4.02. The van der Waals surface area contributed by atoms with Gasteiger partial charge in [0.1, 0.15) is 60.8 Å². The zero-order valence-electron chi connectivity index (χ0n) is 60.9. The molecule has 0 aliphatic carbocycles. The highest BCUT2D eigenvalue weighted by Crippen LogP contribution is 2.32. The number of nitrogens with zero attached hydrogens (tertiary/aromatic N) is 19. The summed E-state index contributed by atoms with van der Waals surface area (Å²) in [6.45, 7) is 7.25. The van der Waals surface area contributed by atoms with E-state index in [1.54, 1.807) is 78.4 Å². The van der Waals surface area contributed by atoms with E-state index in [-0.39, 0.29) is 60.5 Å². The summed E-state index contributed by atoms with van der Waals surface area (Å²) >= 11 is 0. The number of amides is 3. The van der Waals surface area contributed by atoms with Crippen LogP contribution in [-0.2, 0) is 34.0 Å². The van der Waals surface area contributed by atoms with Crippen molar-refractivity contribution < 1.29 is 55.6 Å². The number of carbonyl (C=O) groups excluding carboxylic acids is 3. The third-order valence-corrected chi connectivity index (χ3v) is 18.5. The molecule has 12 aromatic rings. The van der Waals surface area contributed by atoms with Gasteiger partial charge in [0.05, 0.1) is 35.5 Å². The minimum atomic E-state index is -0.510. The van der Waals surface area contributed by atoms with Crippen LogP contribution in [0.15, 0.2) is 195 Å². The van der Waals surface area contributed by atoms with Crippen molar-refractivity contribution in [2.45, 2.75) is 19.6 Å². The van der Waals surface area contributed by atoms with E-state index in [2.05, 4.69) is 54.8 Å². The molecule has 9 heterocycles. The fraction of sp³-hybridized carbons (Fsp3) is 0.253. The summed E-state index contributed by atoms with van der Waals surface area (Å²) in [5, 5.41) is 13.8. The Morgan fingerprint density at radius 2 is 0.755 bits per heavy atom. The summed E-state index contributed by atoms with van der Waals surface area (Å²) in [6.07, 6.45) is 3.20. The highest BCUT2D eigenvalue weighted by atomic mass is 19.1. The van der Waals surface area contributed by atoms with E-state index in [0.29, 0.717) is 142 Å². The molecule has 27 nitrogen and oxygen atoms in total. The third-order valence-electron chi connectivity index (χ3n) is 18.5. The van der Waals surface area contributed by atoms with Crippen LogP contribution in [0.5, 0.6) is 29.0 Å². The maximum Gasteiger partial charge on any atom is 0.244 e. The smallest absolute Gasteiger partial charge is 0.244 e. The van der Waals surface area contributed by atoms with Crippen LogP contribution in [0.25, 0.3) is 68.3 Å². The molecule has 0 bridgehead atoms. The van der Waals surface area contributed by atoms with Gasteiger partial charge in [0.25, 0.3) is 0 Å². The second-order valence-electron chi connectivity index (χ2n) is 25.3. The molecule has 0 atom stereocenters. The topological polar surface area (TPSA) is 260 Å². The molecule has 0 N–H and O–H groups in total. The highest BCUT2D eigenvalue weighted by Gasteiger charge is 2.29. The largest absolute Gasteiger partial charge is 0.497 e. The fourth-order valence-corrected chi connectivity index (χ4v) is 12.6. The molecule has 0 unspecified atom stereocenters. The second-order valence-corrected chi connectivity index (χ2v) is 25.3. The second kappa shape index (κ2) is 34.9. The van der Waals surface area contributed by atoms with Gasteiger partial charge in [0.15, 0.2) is 58.1 Å². The number of methoxy groups -OCH3 is 5. The Hall–Kier alpha value is -13.4. The Labute approximate surface area is 630 Å². The van der Waals surface area contributed by atoms with Crippen LogP contribution in [0.3, 0.4) is 0 Å². The molecule has 3 fully saturated rings. The average Bonchev–Trinajstić information content (AvgIpc) is 1.66. The molecule has 0 spiro atoms. The Morgan fingerprint density at radius 3 is 1.19 bits per heavy atom. The lowest BCUT2D eigenvalue weighted by Crippen LogP contribution is -2.50. The van der Waals surface area contributed by atoms with Gasteiger partial charge in [-0.1, -0.05) is 42.5 Å². The van der Waals surface area contributed by atoms with E-state index in [4.69, 9.17) is 33.8 Å². The zero-order chi connectivity index (χ0) is 76.6. The molecule has 3 aliphatic rings. The van der Waals surface area contributed by atoms with Crippen molar-refractivity contribution in [1.29, 1.82) is 0 Å². The quantitative estimate of drug-likeness (QED) is 0.0642. The molecule has 0 saturated carbocycles. The Bertz CT molecular complexity index is 5120. The molecule has 31 heteroatoms. The predicted octanol–water partition coefficient (Wildman–Crippen LogP) is 10.1. The van der Waals surface area contributed by atoms with Crippen molar-refractivity contribution in [2.24, 2.45) is 0 Å². The lowest BCUT2D eigenvalue weighted by atomic mass is 10.2. The molecule has 3 aliphatic heterocycles. The maximum absolute atomic E-state index is 14.0. The highest BCUT2D eigenvalue weighted by molar-refractivity contribution is 5.79. The van der Waals surface area contributed by atoms with Crippen molar-refractivity contribution in [1.82, 2.24) is 78.9 Å². The van der Waals surface area contributed by atoms with Gasteiger partial charge in [-0.3, -0.25) is 14.4 Å². The van der Waals surface area contributed by atoms with Gasteiger partial charge in [-0.05, 0) is 127 Å². The van der Waals surface area contributed by atoms with Crippen molar-refractivity contribution in [3.8, 4) is 97.3 Å². The van der Waals surface area contributed by atoms with Crippen LogP contribution in [0.2, 0.25) is 0 Å². The number of anilines is 3. The fourth-order valence-electron chi connectivity index (χ4n) is 12.6. The molecule has 564 valence electrons. The molecule has 15 rings (SSSR count). The van der Waals surface area contributed by atoms with Gasteiger partial charge in [0, 0.05) is 130 Å². The predicted molar refractivity (Wildman–Crippen MR) is 402 cm³/mol. The van der Waals surface area contributed by atoms with Crippen LogP contribution in [0.1, 0.15) is 0 Å². The van der Waals surface area contributed by atoms with Crippen LogP contribution >= 0.6 is 0 Å². The number of ether oxygens (including phenoxy) is 5. The number of aromatic nitrogens is 13. The van der Waals surface area contributed by atoms with Crippen LogP contribution in [-0.4, -0.2) is 211 Å². The van der Waals surface area contributed by atoms with E-state index < -0.39 is 17.5 Å². The number of halogens is 4. The first kappa shape index (κ1) is 74.9. The SMILES string of the molecule is COc1cc(-c2nc(-c3ccc(F)cc3)n(CC(=O)N3CCN(c4ccccn4)CC3)n2)ccc1F.COc1cc(N2CCN(C(=O)Cn3nc(-c4ccc(F)c(OC)c4)nc3-c3ccc(F)cc3)CC2)ncn1.COc1ccc(-c2nc(-c3ccccc3)n(CC(=O)N3CCN(c4cccc(OC)n4)CC3)n2)cc1. The number of benzene rings is 6. The van der Waals surface area contributed by atoms with Crippen molar-refractivity contribution >= 4 is 35.2 Å². The van der Waals surface area contributed by atoms with Crippen LogP contribution < -0.4 is 38.4 Å². The maximum atomic E-state index is 14.0. The Kier molecular flexibility index (Phi) is 23.8. The lowest BCUT2D eigenvalue weighted by Gasteiger charge is -2.35. The summed E-state index contributed by atoms with van der Waals surface area (Å²) in [5.74, 6) is 5.03. The van der Waals surface area contributed by atoms with Gasteiger partial charge in [0.2, 0.25) is 29.5 Å². The van der Waals surface area contributed by atoms with E-state index in [0.717, 1.165) is 34.3 Å². The minimum absolute atomic E-state index is 0.0108. The molecular weight excluding hydrogens is 1420 g/mol. The number of carbonyl (C=O) groups is 3. The average molecular weight is 1500 g/mol.